The van der Waals surface area contributed by atoms with Crippen molar-refractivity contribution in [3.05, 3.63) is 35.4 Å². The molecule has 0 saturated carbocycles. The quantitative estimate of drug-likeness (QED) is 0.434. The highest BCUT2D eigenvalue weighted by atomic mass is 32.2. The summed E-state index contributed by atoms with van der Waals surface area (Å²) in [4.78, 5) is 10.8. The van der Waals surface area contributed by atoms with E-state index in [1.54, 1.807) is 29.0 Å². The van der Waals surface area contributed by atoms with Gasteiger partial charge in [0.1, 0.15) is 5.84 Å². The lowest BCUT2D eigenvalue weighted by Gasteiger charge is -2.08. The number of benzene rings is 1. The third kappa shape index (κ3) is 4.94. The Morgan fingerprint density at radius 3 is 2.74 bits per heavy atom. The fourth-order valence-electron chi connectivity index (χ4n) is 1.21. The molecule has 0 bridgehead atoms. The van der Waals surface area contributed by atoms with E-state index in [9.17, 15) is 13.2 Å². The molecule has 19 heavy (non-hydrogen) atoms. The summed E-state index contributed by atoms with van der Waals surface area (Å²) in [5.74, 6) is -0.114. The molecule has 104 valence electrons. The van der Waals surface area contributed by atoms with Crippen molar-refractivity contribution in [3.63, 3.8) is 0 Å². The molecule has 0 unspecified atom stereocenters. The Bertz CT molecular complexity index is 585. The highest BCUT2D eigenvalue weighted by Gasteiger charge is 2.13. The van der Waals surface area contributed by atoms with Crippen LogP contribution in [0.25, 0.3) is 0 Å². The van der Waals surface area contributed by atoms with E-state index in [0.717, 1.165) is 7.11 Å². The maximum Gasteiger partial charge on any atom is 0.421 e. The monoisotopic (exact) mass is 286 g/mol. The molecule has 1 aromatic rings. The van der Waals surface area contributed by atoms with Gasteiger partial charge < -0.3 is 10.5 Å². The van der Waals surface area contributed by atoms with Crippen LogP contribution < -0.4 is 15.2 Å². The normalized spacial score (nSPS) is 10.8. The molecule has 1 rings (SSSR count). The summed E-state index contributed by atoms with van der Waals surface area (Å²) in [7, 11) is -2.93. The van der Waals surface area contributed by atoms with Gasteiger partial charge in [-0.25, -0.2) is 9.52 Å². The molecule has 0 radical (unpaired) electrons. The van der Waals surface area contributed by atoms with Crippen molar-refractivity contribution in [1.29, 1.82) is 5.41 Å². The predicted molar refractivity (Wildman–Crippen MR) is 68.8 cm³/mol. The third-order valence-corrected chi connectivity index (χ3v) is 3.07. The molecule has 0 heterocycles. The average Bonchev–Trinajstić information content (AvgIpc) is 2.36. The maximum atomic E-state index is 11.4. The van der Waals surface area contributed by atoms with Gasteiger partial charge in [-0.2, -0.15) is 13.1 Å². The van der Waals surface area contributed by atoms with Crippen LogP contribution in [0.3, 0.4) is 0 Å². The number of hydrogen-bond donors (Lipinski definition) is 4. The standard InChI is InChI=1S/C10H14N4O4S/c1-18-10(15)14-19(16,17)13-6-7-3-2-4-8(5-7)9(11)12/h2-5,13H,6H2,1H3,(H3,11,12)(H,14,15). The summed E-state index contributed by atoms with van der Waals surface area (Å²) in [5, 5.41) is 7.27. The predicted octanol–water partition coefficient (Wildman–Crippen LogP) is -0.339. The summed E-state index contributed by atoms with van der Waals surface area (Å²) in [6.45, 7) is -0.0482. The van der Waals surface area contributed by atoms with Crippen LogP contribution in [0.2, 0.25) is 0 Å². The molecule has 1 aromatic carbocycles. The Morgan fingerprint density at radius 1 is 1.47 bits per heavy atom. The van der Waals surface area contributed by atoms with Crippen molar-refractivity contribution in [2.75, 3.05) is 7.11 Å². The zero-order valence-electron chi connectivity index (χ0n) is 10.1. The molecular formula is C10H14N4O4S. The van der Waals surface area contributed by atoms with E-state index in [2.05, 4.69) is 9.46 Å². The van der Waals surface area contributed by atoms with Crippen LogP contribution in [-0.4, -0.2) is 27.5 Å². The van der Waals surface area contributed by atoms with Gasteiger partial charge in [0.05, 0.1) is 7.11 Å². The highest BCUT2D eigenvalue weighted by molar-refractivity contribution is 7.88. The van der Waals surface area contributed by atoms with Crippen LogP contribution >= 0.6 is 0 Å². The van der Waals surface area contributed by atoms with Crippen LogP contribution in [0, 0.1) is 5.41 Å². The molecule has 0 saturated heterocycles. The second-order valence-corrected chi connectivity index (χ2v) is 5.03. The minimum absolute atomic E-state index is 0.0482. The second kappa shape index (κ2) is 6.16. The molecule has 0 spiro atoms. The number of carbonyl (C=O) groups is 1. The van der Waals surface area contributed by atoms with E-state index in [0.29, 0.717) is 11.1 Å². The number of amides is 1. The maximum absolute atomic E-state index is 11.4. The van der Waals surface area contributed by atoms with Crippen LogP contribution in [0.1, 0.15) is 11.1 Å². The first kappa shape index (κ1) is 14.9. The molecule has 0 aliphatic heterocycles. The Hall–Kier alpha value is -2.13. The van der Waals surface area contributed by atoms with Gasteiger partial charge in [-0.15, -0.1) is 0 Å². The minimum Gasteiger partial charge on any atom is -0.452 e. The molecule has 9 heteroatoms. The van der Waals surface area contributed by atoms with E-state index >= 15 is 0 Å². The van der Waals surface area contributed by atoms with E-state index in [1.807, 2.05) is 0 Å². The number of nitrogens with two attached hydrogens (primary N) is 1. The number of nitrogens with one attached hydrogen (secondary N) is 3. The second-order valence-electron chi connectivity index (χ2n) is 3.53. The first-order chi connectivity index (χ1) is 8.84. The lowest BCUT2D eigenvalue weighted by Crippen LogP contribution is -2.39. The number of nitrogen functional groups attached to an aromatic ring is 1. The number of carbonyl (C=O) groups excluding carboxylic acids is 1. The van der Waals surface area contributed by atoms with E-state index < -0.39 is 16.3 Å². The first-order valence-corrected chi connectivity index (χ1v) is 6.61. The number of ether oxygens (including phenoxy) is 1. The molecule has 0 aromatic heterocycles. The number of rotatable bonds is 5. The number of methoxy groups -OCH3 is 1. The van der Waals surface area contributed by atoms with E-state index in [4.69, 9.17) is 11.1 Å². The number of amidine groups is 1. The zero-order chi connectivity index (χ0) is 14.5. The molecular weight excluding hydrogens is 272 g/mol. The van der Waals surface area contributed by atoms with Gasteiger partial charge in [-0.05, 0) is 11.6 Å². The largest absolute Gasteiger partial charge is 0.452 e. The van der Waals surface area contributed by atoms with Crippen LogP contribution in [-0.2, 0) is 21.5 Å². The lowest BCUT2D eigenvalue weighted by molar-refractivity contribution is 0.177. The highest BCUT2D eigenvalue weighted by Crippen LogP contribution is 2.04. The lowest BCUT2D eigenvalue weighted by atomic mass is 10.1. The van der Waals surface area contributed by atoms with Crippen molar-refractivity contribution in [2.45, 2.75) is 6.54 Å². The van der Waals surface area contributed by atoms with Gasteiger partial charge in [0.2, 0.25) is 0 Å². The van der Waals surface area contributed by atoms with Gasteiger partial charge >= 0.3 is 16.3 Å². The summed E-state index contributed by atoms with van der Waals surface area (Å²) >= 11 is 0. The van der Waals surface area contributed by atoms with Crippen molar-refractivity contribution >= 4 is 22.1 Å². The Kier molecular flexibility index (Phi) is 4.84. The van der Waals surface area contributed by atoms with Gasteiger partial charge in [-0.3, -0.25) is 5.41 Å². The molecule has 1 amide bonds. The van der Waals surface area contributed by atoms with Crippen LogP contribution in [0.15, 0.2) is 24.3 Å². The molecule has 0 aliphatic carbocycles. The third-order valence-electron chi connectivity index (χ3n) is 2.11. The minimum atomic E-state index is -3.98. The van der Waals surface area contributed by atoms with Crippen molar-refractivity contribution in [3.8, 4) is 0 Å². The Balaban J connectivity index is 2.69. The molecule has 0 fully saturated rings. The van der Waals surface area contributed by atoms with Crippen molar-refractivity contribution < 1.29 is 17.9 Å². The van der Waals surface area contributed by atoms with Crippen LogP contribution in [0.4, 0.5) is 4.79 Å². The van der Waals surface area contributed by atoms with Crippen molar-refractivity contribution in [2.24, 2.45) is 5.73 Å². The van der Waals surface area contributed by atoms with Gasteiger partial charge in [0, 0.05) is 12.1 Å². The van der Waals surface area contributed by atoms with Gasteiger partial charge in [0.25, 0.3) is 0 Å². The van der Waals surface area contributed by atoms with E-state index in [-0.39, 0.29) is 12.4 Å². The average molecular weight is 286 g/mol. The topological polar surface area (TPSA) is 134 Å². The summed E-state index contributed by atoms with van der Waals surface area (Å²) in [5.41, 5.74) is 6.40. The fraction of sp³-hybridized carbons (Fsp3) is 0.200. The van der Waals surface area contributed by atoms with Crippen LogP contribution in [0.5, 0.6) is 0 Å². The zero-order valence-corrected chi connectivity index (χ0v) is 11.0. The summed E-state index contributed by atoms with van der Waals surface area (Å²) < 4.78 is 30.8. The summed E-state index contributed by atoms with van der Waals surface area (Å²) in [6, 6.07) is 6.51. The first-order valence-electron chi connectivity index (χ1n) is 5.13. The fourth-order valence-corrected chi connectivity index (χ4v) is 1.95. The Morgan fingerprint density at radius 2 is 2.16 bits per heavy atom. The van der Waals surface area contributed by atoms with Gasteiger partial charge in [-0.1, -0.05) is 18.2 Å². The SMILES string of the molecule is COC(=O)NS(=O)(=O)NCc1cccc(C(=N)N)c1. The van der Waals surface area contributed by atoms with Gasteiger partial charge in [0.15, 0.2) is 0 Å². The molecule has 0 aliphatic rings. The number of hydrogen-bond acceptors (Lipinski definition) is 5. The molecule has 0 atom stereocenters. The summed E-state index contributed by atoms with van der Waals surface area (Å²) in [6.07, 6.45) is -1.08. The molecule has 8 nitrogen and oxygen atoms in total. The van der Waals surface area contributed by atoms with E-state index in [1.165, 1.54) is 0 Å². The van der Waals surface area contributed by atoms with Crippen molar-refractivity contribution in [1.82, 2.24) is 9.44 Å². The smallest absolute Gasteiger partial charge is 0.421 e. The molecule has 5 N–H and O–H groups in total. The Labute approximate surface area is 110 Å².